The van der Waals surface area contributed by atoms with Crippen LogP contribution in [0.5, 0.6) is 0 Å². The number of aromatic nitrogens is 5. The molecule has 0 spiro atoms. The Morgan fingerprint density at radius 3 is 3.07 bits per heavy atom. The predicted molar refractivity (Wildman–Crippen MR) is 51.3 cm³/mol. The van der Waals surface area contributed by atoms with Crippen LogP contribution in [0.2, 0.25) is 0 Å². The number of hydrogen-bond donors (Lipinski definition) is 0. The molecule has 0 bridgehead atoms. The topological polar surface area (TPSA) is 56.5 Å². The van der Waals surface area contributed by atoms with Gasteiger partial charge in [0.1, 0.15) is 0 Å². The van der Waals surface area contributed by atoms with Crippen LogP contribution in [0, 0.1) is 0 Å². The van der Waals surface area contributed by atoms with Gasteiger partial charge in [0.25, 0.3) is 0 Å². The molecular formula is C9H11N5. The van der Waals surface area contributed by atoms with Gasteiger partial charge in [0.2, 0.25) is 0 Å². The van der Waals surface area contributed by atoms with Crippen LogP contribution in [0.3, 0.4) is 0 Å². The summed E-state index contributed by atoms with van der Waals surface area (Å²) in [5.74, 6) is 0.778. The lowest BCUT2D eigenvalue weighted by molar-refractivity contribution is 0.583. The highest BCUT2D eigenvalue weighted by Gasteiger charge is 2.06. The van der Waals surface area contributed by atoms with Crippen LogP contribution in [0.4, 0.5) is 0 Å². The van der Waals surface area contributed by atoms with E-state index in [1.165, 1.54) is 0 Å². The summed E-state index contributed by atoms with van der Waals surface area (Å²) in [5.41, 5.74) is 0.950. The fourth-order valence-corrected chi connectivity index (χ4v) is 1.27. The monoisotopic (exact) mass is 189 g/mol. The predicted octanol–water partition coefficient (Wildman–Crippen LogP) is 1.15. The van der Waals surface area contributed by atoms with E-state index in [2.05, 4.69) is 27.4 Å². The Morgan fingerprint density at radius 1 is 1.43 bits per heavy atom. The maximum absolute atomic E-state index is 4.03. The van der Waals surface area contributed by atoms with Gasteiger partial charge < -0.3 is 0 Å². The molecule has 0 unspecified atom stereocenters. The van der Waals surface area contributed by atoms with E-state index >= 15 is 0 Å². The molecule has 0 aliphatic heterocycles. The average molecular weight is 189 g/mol. The minimum atomic E-state index is 0.778. The zero-order valence-corrected chi connectivity index (χ0v) is 7.96. The zero-order chi connectivity index (χ0) is 9.80. The van der Waals surface area contributed by atoms with Crippen molar-refractivity contribution < 1.29 is 0 Å². The maximum atomic E-state index is 4.03. The smallest absolute Gasteiger partial charge is 0.183 e. The van der Waals surface area contributed by atoms with Crippen LogP contribution in [0.25, 0.3) is 11.4 Å². The van der Waals surface area contributed by atoms with Crippen LogP contribution in [-0.4, -0.2) is 25.2 Å². The second-order valence-corrected chi connectivity index (χ2v) is 2.97. The van der Waals surface area contributed by atoms with Crippen LogP contribution in [0.15, 0.2) is 24.5 Å². The van der Waals surface area contributed by atoms with E-state index in [0.717, 1.165) is 24.4 Å². The van der Waals surface area contributed by atoms with E-state index in [1.54, 1.807) is 17.1 Å². The maximum Gasteiger partial charge on any atom is 0.183 e. The molecule has 2 heterocycles. The molecule has 5 heteroatoms. The summed E-state index contributed by atoms with van der Waals surface area (Å²) in [7, 11) is 0. The van der Waals surface area contributed by atoms with Crippen molar-refractivity contribution in [3.8, 4) is 11.4 Å². The summed E-state index contributed by atoms with van der Waals surface area (Å²) in [6.07, 6.45) is 4.51. The minimum Gasteiger partial charge on any atom is -0.264 e. The SMILES string of the molecule is CCCn1nnnc1-c1cccnc1. The van der Waals surface area contributed by atoms with E-state index in [9.17, 15) is 0 Å². The largest absolute Gasteiger partial charge is 0.264 e. The molecule has 5 nitrogen and oxygen atoms in total. The van der Waals surface area contributed by atoms with Gasteiger partial charge in [0, 0.05) is 24.5 Å². The van der Waals surface area contributed by atoms with Crippen LogP contribution in [0.1, 0.15) is 13.3 Å². The van der Waals surface area contributed by atoms with Crippen molar-refractivity contribution in [2.75, 3.05) is 0 Å². The molecule has 0 N–H and O–H groups in total. The molecular weight excluding hydrogens is 178 g/mol. The second-order valence-electron chi connectivity index (χ2n) is 2.97. The zero-order valence-electron chi connectivity index (χ0n) is 7.96. The Bertz CT molecular complexity index is 395. The van der Waals surface area contributed by atoms with E-state index in [1.807, 2.05) is 12.1 Å². The van der Waals surface area contributed by atoms with Crippen molar-refractivity contribution >= 4 is 0 Å². The van der Waals surface area contributed by atoms with Gasteiger partial charge >= 0.3 is 0 Å². The van der Waals surface area contributed by atoms with Crippen molar-refractivity contribution in [2.24, 2.45) is 0 Å². The number of pyridine rings is 1. The Morgan fingerprint density at radius 2 is 2.36 bits per heavy atom. The molecule has 0 atom stereocenters. The Kier molecular flexibility index (Phi) is 2.48. The fourth-order valence-electron chi connectivity index (χ4n) is 1.27. The normalized spacial score (nSPS) is 10.4. The lowest BCUT2D eigenvalue weighted by Crippen LogP contribution is -2.01. The molecule has 0 aliphatic carbocycles. The van der Waals surface area contributed by atoms with Crippen molar-refractivity contribution in [2.45, 2.75) is 19.9 Å². The van der Waals surface area contributed by atoms with Crippen LogP contribution >= 0.6 is 0 Å². The second kappa shape index (κ2) is 3.95. The Labute approximate surface area is 81.8 Å². The standard InChI is InChI=1S/C9H11N5/c1-2-6-14-9(11-12-13-14)8-4-3-5-10-7-8/h3-5,7H,2,6H2,1H3. The third-order valence-electron chi connectivity index (χ3n) is 1.89. The van der Waals surface area contributed by atoms with Gasteiger partial charge in [-0.05, 0) is 29.0 Å². The molecule has 14 heavy (non-hydrogen) atoms. The highest BCUT2D eigenvalue weighted by atomic mass is 15.5. The van der Waals surface area contributed by atoms with Crippen LogP contribution in [-0.2, 0) is 6.54 Å². The summed E-state index contributed by atoms with van der Waals surface area (Å²) < 4.78 is 1.79. The van der Waals surface area contributed by atoms with Crippen molar-refractivity contribution in [1.29, 1.82) is 0 Å². The number of tetrazole rings is 1. The number of aryl methyl sites for hydroxylation is 1. The first kappa shape index (κ1) is 8.80. The highest BCUT2D eigenvalue weighted by Crippen LogP contribution is 2.13. The lowest BCUT2D eigenvalue weighted by atomic mass is 10.3. The van der Waals surface area contributed by atoms with Crippen molar-refractivity contribution in [3.05, 3.63) is 24.5 Å². The van der Waals surface area contributed by atoms with E-state index < -0.39 is 0 Å². The fraction of sp³-hybridized carbons (Fsp3) is 0.333. The number of nitrogens with zero attached hydrogens (tertiary/aromatic N) is 5. The van der Waals surface area contributed by atoms with Gasteiger partial charge in [-0.3, -0.25) is 4.98 Å². The molecule has 0 fully saturated rings. The summed E-state index contributed by atoms with van der Waals surface area (Å²) >= 11 is 0. The van der Waals surface area contributed by atoms with Gasteiger partial charge in [-0.1, -0.05) is 6.92 Å². The number of hydrogen-bond acceptors (Lipinski definition) is 4. The molecule has 0 amide bonds. The van der Waals surface area contributed by atoms with Gasteiger partial charge in [0.15, 0.2) is 5.82 Å². The molecule has 0 aromatic carbocycles. The van der Waals surface area contributed by atoms with E-state index in [-0.39, 0.29) is 0 Å². The first-order chi connectivity index (χ1) is 6.92. The lowest BCUT2D eigenvalue weighted by Gasteiger charge is -2.00. The van der Waals surface area contributed by atoms with Gasteiger partial charge in [0.05, 0.1) is 0 Å². The Balaban J connectivity index is 2.37. The molecule has 2 aromatic rings. The van der Waals surface area contributed by atoms with Gasteiger partial charge in [-0.2, -0.15) is 0 Å². The molecule has 2 rings (SSSR count). The molecule has 0 saturated carbocycles. The molecule has 72 valence electrons. The van der Waals surface area contributed by atoms with E-state index in [0.29, 0.717) is 0 Å². The van der Waals surface area contributed by atoms with Gasteiger partial charge in [-0.15, -0.1) is 5.10 Å². The summed E-state index contributed by atoms with van der Waals surface area (Å²) in [5, 5.41) is 11.5. The number of rotatable bonds is 3. The third-order valence-corrected chi connectivity index (χ3v) is 1.89. The first-order valence-electron chi connectivity index (χ1n) is 4.58. The summed E-state index contributed by atoms with van der Waals surface area (Å²) in [6, 6.07) is 3.82. The van der Waals surface area contributed by atoms with Crippen molar-refractivity contribution in [1.82, 2.24) is 25.2 Å². The molecule has 0 aliphatic rings. The molecule has 0 saturated heterocycles. The molecule has 0 radical (unpaired) electrons. The quantitative estimate of drug-likeness (QED) is 0.726. The Hall–Kier alpha value is -1.78. The van der Waals surface area contributed by atoms with E-state index in [4.69, 9.17) is 0 Å². The minimum absolute atomic E-state index is 0.778. The first-order valence-corrected chi connectivity index (χ1v) is 4.58. The third kappa shape index (κ3) is 1.61. The molecule has 2 aromatic heterocycles. The summed E-state index contributed by atoms with van der Waals surface area (Å²) in [4.78, 5) is 4.03. The average Bonchev–Trinajstić information content (AvgIpc) is 2.68. The van der Waals surface area contributed by atoms with Gasteiger partial charge in [-0.25, -0.2) is 4.68 Å². The van der Waals surface area contributed by atoms with Crippen molar-refractivity contribution in [3.63, 3.8) is 0 Å². The summed E-state index contributed by atoms with van der Waals surface area (Å²) in [6.45, 7) is 2.92. The highest BCUT2D eigenvalue weighted by molar-refractivity contribution is 5.52. The van der Waals surface area contributed by atoms with Crippen LogP contribution < -0.4 is 0 Å².